The number of rotatable bonds is 5. The van der Waals surface area contributed by atoms with Gasteiger partial charge in [0, 0.05) is 44.1 Å². The van der Waals surface area contributed by atoms with E-state index >= 15 is 0 Å². The summed E-state index contributed by atoms with van der Waals surface area (Å²) in [6.45, 7) is 6.01. The molecular weight excluding hydrogens is 331 g/mol. The van der Waals surface area contributed by atoms with Crippen LogP contribution in [0.15, 0.2) is 29.3 Å². The van der Waals surface area contributed by atoms with Crippen LogP contribution in [0.25, 0.3) is 0 Å². The largest absolute Gasteiger partial charge is 0.356 e. The second kappa shape index (κ2) is 7.64. The molecular formula is C20H29FN4O. The molecule has 2 aliphatic rings. The van der Waals surface area contributed by atoms with Gasteiger partial charge in [0.2, 0.25) is 5.91 Å². The van der Waals surface area contributed by atoms with Crippen LogP contribution in [-0.2, 0) is 10.2 Å². The third kappa shape index (κ3) is 4.00. The van der Waals surface area contributed by atoms with Gasteiger partial charge in [0.05, 0.1) is 0 Å². The fourth-order valence-corrected chi connectivity index (χ4v) is 3.67. The average Bonchev–Trinajstić information content (AvgIpc) is 3.27. The van der Waals surface area contributed by atoms with Crippen LogP contribution < -0.4 is 10.6 Å². The van der Waals surface area contributed by atoms with Crippen molar-refractivity contribution >= 4 is 11.9 Å². The molecule has 1 aromatic carbocycles. The quantitative estimate of drug-likeness (QED) is 0.626. The van der Waals surface area contributed by atoms with Gasteiger partial charge in [0.15, 0.2) is 5.96 Å². The molecule has 1 atom stereocenters. The molecule has 142 valence electrons. The second-order valence-electron chi connectivity index (χ2n) is 7.75. The van der Waals surface area contributed by atoms with Gasteiger partial charge < -0.3 is 15.5 Å². The van der Waals surface area contributed by atoms with Crippen molar-refractivity contribution in [1.82, 2.24) is 15.5 Å². The van der Waals surface area contributed by atoms with E-state index in [4.69, 9.17) is 0 Å². The van der Waals surface area contributed by atoms with Gasteiger partial charge in [-0.15, -0.1) is 0 Å². The maximum atomic E-state index is 14.1. The first-order valence-electron chi connectivity index (χ1n) is 9.46. The Kier molecular flexibility index (Phi) is 5.49. The van der Waals surface area contributed by atoms with Gasteiger partial charge in [-0.1, -0.05) is 32.0 Å². The predicted molar refractivity (Wildman–Crippen MR) is 102 cm³/mol. The molecule has 3 rings (SSSR count). The van der Waals surface area contributed by atoms with Crippen LogP contribution in [-0.4, -0.2) is 49.5 Å². The molecule has 1 aromatic rings. The van der Waals surface area contributed by atoms with Crippen molar-refractivity contribution in [3.63, 3.8) is 0 Å². The molecule has 1 amide bonds. The summed E-state index contributed by atoms with van der Waals surface area (Å²) in [5.74, 6) is 0.820. The van der Waals surface area contributed by atoms with Crippen LogP contribution in [0.4, 0.5) is 4.39 Å². The van der Waals surface area contributed by atoms with Crippen molar-refractivity contribution in [1.29, 1.82) is 0 Å². The van der Waals surface area contributed by atoms with E-state index < -0.39 is 0 Å². The minimum atomic E-state index is -0.131. The van der Waals surface area contributed by atoms with E-state index in [0.717, 1.165) is 37.3 Å². The topological polar surface area (TPSA) is 56.7 Å². The van der Waals surface area contributed by atoms with Gasteiger partial charge in [-0.3, -0.25) is 9.79 Å². The highest BCUT2D eigenvalue weighted by Gasteiger charge is 2.45. The standard InChI is InChI=1S/C20H29FN4O/c1-14(2)18(26)25-11-8-15(12-25)24-19(22-3)23-13-20(9-10-20)16-6-4-5-7-17(16)21/h4-7,14-15H,8-13H2,1-3H3,(H2,22,23,24). The molecule has 1 saturated carbocycles. The fourth-order valence-electron chi connectivity index (χ4n) is 3.67. The Labute approximate surface area is 155 Å². The van der Waals surface area contributed by atoms with Gasteiger partial charge >= 0.3 is 0 Å². The summed E-state index contributed by atoms with van der Waals surface area (Å²) in [5.41, 5.74) is 0.663. The summed E-state index contributed by atoms with van der Waals surface area (Å²) in [5, 5.41) is 6.77. The molecule has 26 heavy (non-hydrogen) atoms. The summed E-state index contributed by atoms with van der Waals surface area (Å²) < 4.78 is 14.1. The van der Waals surface area contributed by atoms with Crippen LogP contribution in [0.5, 0.6) is 0 Å². The third-order valence-corrected chi connectivity index (χ3v) is 5.45. The Morgan fingerprint density at radius 2 is 2.12 bits per heavy atom. The number of benzene rings is 1. The number of nitrogens with one attached hydrogen (secondary N) is 2. The van der Waals surface area contributed by atoms with Crippen molar-refractivity contribution in [2.45, 2.75) is 44.6 Å². The number of hydrogen-bond donors (Lipinski definition) is 2. The van der Waals surface area contributed by atoms with Gasteiger partial charge in [0.25, 0.3) is 0 Å². The van der Waals surface area contributed by atoms with E-state index in [-0.39, 0.29) is 29.1 Å². The molecule has 0 bridgehead atoms. The lowest BCUT2D eigenvalue weighted by molar-refractivity contribution is -0.133. The van der Waals surface area contributed by atoms with Crippen LogP contribution >= 0.6 is 0 Å². The normalized spacial score (nSPS) is 21.8. The lowest BCUT2D eigenvalue weighted by atomic mass is 9.95. The highest BCUT2D eigenvalue weighted by atomic mass is 19.1. The Morgan fingerprint density at radius 1 is 1.38 bits per heavy atom. The first kappa shape index (κ1) is 18.7. The van der Waals surface area contributed by atoms with Crippen molar-refractivity contribution in [2.75, 3.05) is 26.7 Å². The monoisotopic (exact) mass is 360 g/mol. The van der Waals surface area contributed by atoms with E-state index in [1.807, 2.05) is 30.9 Å². The number of hydrogen-bond acceptors (Lipinski definition) is 2. The zero-order valence-electron chi connectivity index (χ0n) is 15.9. The molecule has 2 N–H and O–H groups in total. The Morgan fingerprint density at radius 3 is 2.73 bits per heavy atom. The van der Waals surface area contributed by atoms with E-state index in [0.29, 0.717) is 13.1 Å². The van der Waals surface area contributed by atoms with Crippen molar-refractivity contribution < 1.29 is 9.18 Å². The number of carbonyl (C=O) groups excluding carboxylic acids is 1. The number of aliphatic imine (C=N–C) groups is 1. The summed E-state index contributed by atoms with van der Waals surface area (Å²) in [6.07, 6.45) is 2.88. The van der Waals surface area contributed by atoms with Gasteiger partial charge in [-0.2, -0.15) is 0 Å². The third-order valence-electron chi connectivity index (χ3n) is 5.45. The first-order chi connectivity index (χ1) is 12.4. The van der Waals surface area contributed by atoms with Crippen molar-refractivity contribution in [2.24, 2.45) is 10.9 Å². The molecule has 0 radical (unpaired) electrons. The van der Waals surface area contributed by atoms with E-state index in [1.54, 1.807) is 13.1 Å². The molecule has 2 fully saturated rings. The number of nitrogens with zero attached hydrogens (tertiary/aromatic N) is 2. The summed E-state index contributed by atoms with van der Waals surface area (Å²) in [6, 6.07) is 7.23. The zero-order chi connectivity index (χ0) is 18.7. The molecule has 0 spiro atoms. The van der Waals surface area contributed by atoms with Crippen LogP contribution in [0.3, 0.4) is 0 Å². The van der Waals surface area contributed by atoms with E-state index in [1.165, 1.54) is 6.07 Å². The molecule has 1 heterocycles. The highest BCUT2D eigenvalue weighted by Crippen LogP contribution is 2.48. The molecule has 1 unspecified atom stereocenters. The zero-order valence-corrected chi connectivity index (χ0v) is 15.9. The number of halogens is 1. The number of guanidine groups is 1. The summed E-state index contributed by atoms with van der Waals surface area (Å²) in [7, 11) is 1.74. The predicted octanol–water partition coefficient (Wildman–Crippen LogP) is 2.28. The maximum absolute atomic E-state index is 14.1. The molecule has 1 saturated heterocycles. The minimum absolute atomic E-state index is 0.0293. The number of amides is 1. The van der Waals surface area contributed by atoms with Crippen molar-refractivity contribution in [3.05, 3.63) is 35.6 Å². The molecule has 1 aliphatic heterocycles. The Hall–Kier alpha value is -2.11. The summed E-state index contributed by atoms with van der Waals surface area (Å²) in [4.78, 5) is 18.3. The highest BCUT2D eigenvalue weighted by molar-refractivity contribution is 5.81. The SMILES string of the molecule is CN=C(NCC1(c2ccccc2F)CC1)NC1CCN(C(=O)C(C)C)C1. The average molecular weight is 360 g/mol. The molecule has 6 heteroatoms. The number of carbonyl (C=O) groups is 1. The minimum Gasteiger partial charge on any atom is -0.356 e. The second-order valence-corrected chi connectivity index (χ2v) is 7.75. The van der Waals surface area contributed by atoms with Crippen molar-refractivity contribution in [3.8, 4) is 0 Å². The maximum Gasteiger partial charge on any atom is 0.225 e. The van der Waals surface area contributed by atoms with E-state index in [2.05, 4.69) is 15.6 Å². The van der Waals surface area contributed by atoms with Gasteiger partial charge in [0.1, 0.15) is 5.82 Å². The Balaban J connectivity index is 1.54. The van der Waals surface area contributed by atoms with Crippen LogP contribution in [0.1, 0.15) is 38.7 Å². The molecule has 5 nitrogen and oxygen atoms in total. The lowest BCUT2D eigenvalue weighted by Gasteiger charge is -2.22. The van der Waals surface area contributed by atoms with E-state index in [9.17, 15) is 9.18 Å². The lowest BCUT2D eigenvalue weighted by Crippen LogP contribution is -2.47. The molecule has 0 aromatic heterocycles. The van der Waals surface area contributed by atoms with Gasteiger partial charge in [-0.25, -0.2) is 4.39 Å². The molecule has 1 aliphatic carbocycles. The smallest absolute Gasteiger partial charge is 0.225 e. The first-order valence-corrected chi connectivity index (χ1v) is 9.46. The van der Waals surface area contributed by atoms with Crippen LogP contribution in [0, 0.1) is 11.7 Å². The van der Waals surface area contributed by atoms with Crippen LogP contribution in [0.2, 0.25) is 0 Å². The fraction of sp³-hybridized carbons (Fsp3) is 0.600. The summed E-state index contributed by atoms with van der Waals surface area (Å²) >= 11 is 0. The van der Waals surface area contributed by atoms with Gasteiger partial charge in [-0.05, 0) is 30.9 Å². The number of likely N-dealkylation sites (tertiary alicyclic amines) is 1. The Bertz CT molecular complexity index is 684.